The zero-order chi connectivity index (χ0) is 14.7. The van der Waals surface area contributed by atoms with Gasteiger partial charge in [-0.15, -0.1) is 0 Å². The summed E-state index contributed by atoms with van der Waals surface area (Å²) in [6, 6.07) is 16.1. The molecule has 1 heterocycles. The first-order valence-electron chi connectivity index (χ1n) is 7.01. The van der Waals surface area contributed by atoms with E-state index >= 15 is 0 Å². The maximum atomic E-state index is 11.3. The van der Waals surface area contributed by atoms with Crippen molar-refractivity contribution in [1.29, 1.82) is 0 Å². The standard InChI is InChI=1S/C18H17NO2/c1-2-17(20)19-15-9-7-14(8-10-15)18-16-6-4-3-5-13(16)11-12-21-18/h2-10,18H,1,11-12H2,(H,19,20). The van der Waals surface area contributed by atoms with Gasteiger partial charge in [-0.05, 0) is 41.3 Å². The molecule has 1 N–H and O–H groups in total. The molecular weight excluding hydrogens is 262 g/mol. The second-order valence-corrected chi connectivity index (χ2v) is 5.02. The van der Waals surface area contributed by atoms with E-state index in [2.05, 4.69) is 30.1 Å². The summed E-state index contributed by atoms with van der Waals surface area (Å²) in [5.41, 5.74) is 4.43. The lowest BCUT2D eigenvalue weighted by Crippen LogP contribution is -2.17. The molecule has 3 rings (SSSR count). The fourth-order valence-corrected chi connectivity index (χ4v) is 2.60. The minimum Gasteiger partial charge on any atom is -0.368 e. The van der Waals surface area contributed by atoms with Gasteiger partial charge in [0.2, 0.25) is 5.91 Å². The molecule has 2 aromatic rings. The van der Waals surface area contributed by atoms with Crippen LogP contribution in [0.4, 0.5) is 5.69 Å². The Morgan fingerprint density at radius 1 is 1.19 bits per heavy atom. The van der Waals surface area contributed by atoms with E-state index in [4.69, 9.17) is 4.74 Å². The molecule has 1 atom stereocenters. The molecule has 0 radical (unpaired) electrons. The summed E-state index contributed by atoms with van der Waals surface area (Å²) in [5.74, 6) is -0.206. The molecule has 3 nitrogen and oxygen atoms in total. The smallest absolute Gasteiger partial charge is 0.247 e. The van der Waals surface area contributed by atoms with Crippen LogP contribution < -0.4 is 5.32 Å². The monoisotopic (exact) mass is 279 g/mol. The van der Waals surface area contributed by atoms with Gasteiger partial charge in [-0.25, -0.2) is 0 Å². The minimum atomic E-state index is -0.206. The minimum absolute atomic E-state index is 0.0286. The molecule has 1 aliphatic heterocycles. The lowest BCUT2D eigenvalue weighted by molar-refractivity contribution is -0.111. The number of carbonyl (C=O) groups excluding carboxylic acids is 1. The number of benzene rings is 2. The Hall–Kier alpha value is -2.39. The fraction of sp³-hybridized carbons (Fsp3) is 0.167. The highest BCUT2D eigenvalue weighted by Gasteiger charge is 2.21. The zero-order valence-corrected chi connectivity index (χ0v) is 11.7. The number of fused-ring (bicyclic) bond motifs is 1. The lowest BCUT2D eigenvalue weighted by atomic mass is 9.93. The molecule has 0 aromatic heterocycles. The highest BCUT2D eigenvalue weighted by Crippen LogP contribution is 2.32. The average molecular weight is 279 g/mol. The normalized spacial score (nSPS) is 16.9. The van der Waals surface area contributed by atoms with Crippen molar-refractivity contribution in [3.05, 3.63) is 77.9 Å². The Morgan fingerprint density at radius 3 is 2.71 bits per heavy atom. The van der Waals surface area contributed by atoms with E-state index in [9.17, 15) is 4.79 Å². The fourth-order valence-electron chi connectivity index (χ4n) is 2.60. The first-order chi connectivity index (χ1) is 10.3. The van der Waals surface area contributed by atoms with Gasteiger partial charge in [0.15, 0.2) is 0 Å². The van der Waals surface area contributed by atoms with E-state index in [0.29, 0.717) is 0 Å². The maximum Gasteiger partial charge on any atom is 0.247 e. The predicted octanol–water partition coefficient (Wildman–Crippen LogP) is 3.47. The van der Waals surface area contributed by atoms with Gasteiger partial charge >= 0.3 is 0 Å². The van der Waals surface area contributed by atoms with E-state index in [1.54, 1.807) is 0 Å². The third kappa shape index (κ3) is 2.88. The van der Waals surface area contributed by atoms with Gasteiger partial charge in [0.05, 0.1) is 6.61 Å². The van der Waals surface area contributed by atoms with Crippen LogP contribution in [0.2, 0.25) is 0 Å². The molecular formula is C18H17NO2. The van der Waals surface area contributed by atoms with Crippen LogP contribution in [-0.4, -0.2) is 12.5 Å². The van der Waals surface area contributed by atoms with Crippen molar-refractivity contribution in [2.75, 3.05) is 11.9 Å². The van der Waals surface area contributed by atoms with Crippen LogP contribution in [-0.2, 0) is 16.0 Å². The number of amides is 1. The first-order valence-corrected chi connectivity index (χ1v) is 7.01. The molecule has 0 saturated carbocycles. The van der Waals surface area contributed by atoms with Crippen molar-refractivity contribution in [1.82, 2.24) is 0 Å². The van der Waals surface area contributed by atoms with Crippen LogP contribution in [0.5, 0.6) is 0 Å². The summed E-state index contributed by atoms with van der Waals surface area (Å²) in [6.45, 7) is 4.17. The van der Waals surface area contributed by atoms with E-state index in [1.165, 1.54) is 17.2 Å². The molecule has 1 aliphatic rings. The predicted molar refractivity (Wildman–Crippen MR) is 83.2 cm³/mol. The van der Waals surface area contributed by atoms with Crippen LogP contribution in [0.1, 0.15) is 22.8 Å². The Bertz CT molecular complexity index is 661. The molecule has 0 spiro atoms. The summed E-state index contributed by atoms with van der Waals surface area (Å²) in [6.07, 6.45) is 2.19. The SMILES string of the molecule is C=CC(=O)Nc1ccc(C2OCCc3ccccc32)cc1. The Labute approximate surface area is 124 Å². The van der Waals surface area contributed by atoms with Gasteiger partial charge < -0.3 is 10.1 Å². The molecule has 0 saturated heterocycles. The quantitative estimate of drug-likeness (QED) is 0.874. The number of anilines is 1. The third-order valence-corrected chi connectivity index (χ3v) is 3.66. The highest BCUT2D eigenvalue weighted by atomic mass is 16.5. The number of hydrogen-bond donors (Lipinski definition) is 1. The second-order valence-electron chi connectivity index (χ2n) is 5.02. The van der Waals surface area contributed by atoms with Gasteiger partial charge in [0.1, 0.15) is 6.10 Å². The lowest BCUT2D eigenvalue weighted by Gasteiger charge is -2.26. The summed E-state index contributed by atoms with van der Waals surface area (Å²) >= 11 is 0. The van der Waals surface area contributed by atoms with Crippen LogP contribution >= 0.6 is 0 Å². The number of hydrogen-bond acceptors (Lipinski definition) is 2. The number of carbonyl (C=O) groups is 1. The Morgan fingerprint density at radius 2 is 1.95 bits per heavy atom. The van der Waals surface area contributed by atoms with Crippen molar-refractivity contribution in [3.8, 4) is 0 Å². The summed E-state index contributed by atoms with van der Waals surface area (Å²) in [4.78, 5) is 11.3. The van der Waals surface area contributed by atoms with Crippen LogP contribution in [0.25, 0.3) is 0 Å². The number of nitrogens with one attached hydrogen (secondary N) is 1. The molecule has 106 valence electrons. The van der Waals surface area contributed by atoms with E-state index in [1.807, 2.05) is 30.3 Å². The summed E-state index contributed by atoms with van der Waals surface area (Å²) < 4.78 is 5.93. The maximum absolute atomic E-state index is 11.3. The molecule has 0 fully saturated rings. The molecule has 1 unspecified atom stereocenters. The topological polar surface area (TPSA) is 38.3 Å². The number of ether oxygens (including phenoxy) is 1. The van der Waals surface area contributed by atoms with Crippen molar-refractivity contribution in [3.63, 3.8) is 0 Å². The van der Waals surface area contributed by atoms with Crippen molar-refractivity contribution in [2.24, 2.45) is 0 Å². The second kappa shape index (κ2) is 5.94. The van der Waals surface area contributed by atoms with Gasteiger partial charge in [-0.2, -0.15) is 0 Å². The van der Waals surface area contributed by atoms with Gasteiger partial charge in [0.25, 0.3) is 0 Å². The van der Waals surface area contributed by atoms with Crippen molar-refractivity contribution >= 4 is 11.6 Å². The van der Waals surface area contributed by atoms with Crippen LogP contribution in [0.3, 0.4) is 0 Å². The van der Waals surface area contributed by atoms with Gasteiger partial charge in [0, 0.05) is 5.69 Å². The first kappa shape index (κ1) is 13.6. The zero-order valence-electron chi connectivity index (χ0n) is 11.7. The van der Waals surface area contributed by atoms with Gasteiger partial charge in [-0.3, -0.25) is 4.79 Å². The third-order valence-electron chi connectivity index (χ3n) is 3.66. The van der Waals surface area contributed by atoms with Crippen LogP contribution in [0, 0.1) is 0 Å². The van der Waals surface area contributed by atoms with E-state index < -0.39 is 0 Å². The van der Waals surface area contributed by atoms with Crippen LogP contribution in [0.15, 0.2) is 61.2 Å². The summed E-state index contributed by atoms with van der Waals surface area (Å²) in [5, 5.41) is 2.74. The van der Waals surface area contributed by atoms with E-state index in [-0.39, 0.29) is 12.0 Å². The molecule has 21 heavy (non-hydrogen) atoms. The Kier molecular flexibility index (Phi) is 3.84. The largest absolute Gasteiger partial charge is 0.368 e. The van der Waals surface area contributed by atoms with Crippen molar-refractivity contribution in [2.45, 2.75) is 12.5 Å². The molecule has 3 heteroatoms. The summed E-state index contributed by atoms with van der Waals surface area (Å²) in [7, 11) is 0. The van der Waals surface area contributed by atoms with Crippen molar-refractivity contribution < 1.29 is 9.53 Å². The van der Waals surface area contributed by atoms with E-state index in [0.717, 1.165) is 24.3 Å². The Balaban J connectivity index is 1.85. The molecule has 1 amide bonds. The molecule has 0 bridgehead atoms. The number of rotatable bonds is 3. The molecule has 0 aliphatic carbocycles. The average Bonchev–Trinajstić information content (AvgIpc) is 2.55. The molecule has 2 aromatic carbocycles. The highest BCUT2D eigenvalue weighted by molar-refractivity contribution is 5.98. The van der Waals surface area contributed by atoms with Gasteiger partial charge in [-0.1, -0.05) is 43.0 Å².